The molecule has 0 heterocycles. The lowest BCUT2D eigenvalue weighted by atomic mass is 10.1. The number of carbonyl (C=O) groups excluding carboxylic acids is 2. The van der Waals surface area contributed by atoms with Crippen LogP contribution in [0.4, 0.5) is 0 Å². The van der Waals surface area contributed by atoms with Crippen LogP contribution in [0.25, 0.3) is 0 Å². The standard InChI is InChI=1S/C17H26N2O3/c1-3-8-16(21)19(13-15-9-5-4-6-10-15)14(2)17(22)18-11-7-12-20/h4-6,9-10,14,20H,3,7-8,11-13H2,1-2H3,(H,18,22). The number of aliphatic hydroxyl groups is 1. The molecule has 1 aromatic carbocycles. The lowest BCUT2D eigenvalue weighted by Crippen LogP contribution is -2.47. The van der Waals surface area contributed by atoms with Crippen molar-refractivity contribution in [2.75, 3.05) is 13.2 Å². The molecule has 0 spiro atoms. The molecule has 2 amide bonds. The van der Waals surface area contributed by atoms with E-state index in [9.17, 15) is 9.59 Å². The van der Waals surface area contributed by atoms with Gasteiger partial charge in [-0.1, -0.05) is 37.3 Å². The van der Waals surface area contributed by atoms with Crippen molar-refractivity contribution >= 4 is 11.8 Å². The molecule has 0 saturated carbocycles. The van der Waals surface area contributed by atoms with Crippen LogP contribution in [0.5, 0.6) is 0 Å². The summed E-state index contributed by atoms with van der Waals surface area (Å²) in [4.78, 5) is 26.1. The summed E-state index contributed by atoms with van der Waals surface area (Å²) >= 11 is 0. The van der Waals surface area contributed by atoms with Crippen LogP contribution in [-0.4, -0.2) is 41.0 Å². The zero-order chi connectivity index (χ0) is 16.4. The minimum atomic E-state index is -0.530. The fraction of sp³-hybridized carbons (Fsp3) is 0.529. The highest BCUT2D eigenvalue weighted by molar-refractivity contribution is 5.87. The lowest BCUT2D eigenvalue weighted by Gasteiger charge is -2.28. The number of amides is 2. The molecule has 1 unspecified atom stereocenters. The van der Waals surface area contributed by atoms with Crippen LogP contribution in [-0.2, 0) is 16.1 Å². The minimum Gasteiger partial charge on any atom is -0.396 e. The Labute approximate surface area is 132 Å². The van der Waals surface area contributed by atoms with E-state index in [1.54, 1.807) is 11.8 Å². The summed E-state index contributed by atoms with van der Waals surface area (Å²) in [6, 6.07) is 9.13. The summed E-state index contributed by atoms with van der Waals surface area (Å²) in [6.07, 6.45) is 1.70. The summed E-state index contributed by atoms with van der Waals surface area (Å²) in [7, 11) is 0. The van der Waals surface area contributed by atoms with Crippen molar-refractivity contribution < 1.29 is 14.7 Å². The molecule has 1 rings (SSSR count). The van der Waals surface area contributed by atoms with E-state index in [0.29, 0.717) is 25.9 Å². The molecule has 0 saturated heterocycles. The Balaban J connectivity index is 2.76. The molecule has 0 aliphatic carbocycles. The van der Waals surface area contributed by atoms with Crippen LogP contribution in [0.3, 0.4) is 0 Å². The molecule has 0 aliphatic heterocycles. The SMILES string of the molecule is CCCC(=O)N(Cc1ccccc1)C(C)C(=O)NCCCO. The normalized spacial score (nSPS) is 11.8. The van der Waals surface area contributed by atoms with E-state index >= 15 is 0 Å². The van der Waals surface area contributed by atoms with E-state index in [2.05, 4.69) is 5.32 Å². The average Bonchev–Trinajstić information content (AvgIpc) is 2.53. The maximum absolute atomic E-state index is 12.3. The van der Waals surface area contributed by atoms with Crippen molar-refractivity contribution in [1.29, 1.82) is 0 Å². The van der Waals surface area contributed by atoms with Crippen LogP contribution in [0.15, 0.2) is 30.3 Å². The number of carbonyl (C=O) groups is 2. The smallest absolute Gasteiger partial charge is 0.242 e. The van der Waals surface area contributed by atoms with Gasteiger partial charge in [0, 0.05) is 26.1 Å². The van der Waals surface area contributed by atoms with Gasteiger partial charge in [0.25, 0.3) is 0 Å². The van der Waals surface area contributed by atoms with E-state index in [-0.39, 0.29) is 18.4 Å². The molecule has 1 aromatic rings. The Bertz CT molecular complexity index is 462. The van der Waals surface area contributed by atoms with Gasteiger partial charge in [-0.15, -0.1) is 0 Å². The Hall–Kier alpha value is -1.88. The summed E-state index contributed by atoms with van der Waals surface area (Å²) in [6.45, 7) is 4.57. The second-order valence-electron chi connectivity index (χ2n) is 5.30. The van der Waals surface area contributed by atoms with E-state index in [0.717, 1.165) is 12.0 Å². The second kappa shape index (κ2) is 9.95. The van der Waals surface area contributed by atoms with Crippen molar-refractivity contribution in [2.24, 2.45) is 0 Å². The van der Waals surface area contributed by atoms with Crippen LogP contribution >= 0.6 is 0 Å². The monoisotopic (exact) mass is 306 g/mol. The predicted molar refractivity (Wildman–Crippen MR) is 86.1 cm³/mol. The van der Waals surface area contributed by atoms with Gasteiger partial charge in [-0.05, 0) is 25.3 Å². The Morgan fingerprint density at radius 2 is 1.95 bits per heavy atom. The fourth-order valence-corrected chi connectivity index (χ4v) is 2.16. The molecule has 0 fully saturated rings. The van der Waals surface area contributed by atoms with Crippen LogP contribution < -0.4 is 5.32 Å². The van der Waals surface area contributed by atoms with Crippen molar-refractivity contribution in [3.8, 4) is 0 Å². The van der Waals surface area contributed by atoms with Crippen molar-refractivity contribution in [1.82, 2.24) is 10.2 Å². The number of rotatable bonds is 9. The van der Waals surface area contributed by atoms with E-state index in [4.69, 9.17) is 5.11 Å². The first-order valence-electron chi connectivity index (χ1n) is 7.82. The van der Waals surface area contributed by atoms with Crippen LogP contribution in [0.2, 0.25) is 0 Å². The molecule has 5 heteroatoms. The van der Waals surface area contributed by atoms with Gasteiger partial charge in [-0.2, -0.15) is 0 Å². The first kappa shape index (κ1) is 18.2. The number of nitrogens with zero attached hydrogens (tertiary/aromatic N) is 1. The molecule has 2 N–H and O–H groups in total. The second-order valence-corrected chi connectivity index (χ2v) is 5.30. The third-order valence-electron chi connectivity index (χ3n) is 3.46. The van der Waals surface area contributed by atoms with E-state index in [1.807, 2.05) is 37.3 Å². The third kappa shape index (κ3) is 5.85. The van der Waals surface area contributed by atoms with Crippen LogP contribution in [0.1, 0.15) is 38.7 Å². The molecule has 22 heavy (non-hydrogen) atoms. The largest absolute Gasteiger partial charge is 0.396 e. The molecule has 0 aromatic heterocycles. The van der Waals surface area contributed by atoms with Gasteiger partial charge >= 0.3 is 0 Å². The number of hydrogen-bond donors (Lipinski definition) is 2. The topological polar surface area (TPSA) is 69.6 Å². The third-order valence-corrected chi connectivity index (χ3v) is 3.46. The average molecular weight is 306 g/mol. The highest BCUT2D eigenvalue weighted by Crippen LogP contribution is 2.11. The van der Waals surface area contributed by atoms with E-state index in [1.165, 1.54) is 0 Å². The maximum atomic E-state index is 12.3. The Morgan fingerprint density at radius 3 is 2.55 bits per heavy atom. The Morgan fingerprint density at radius 1 is 1.27 bits per heavy atom. The van der Waals surface area contributed by atoms with Gasteiger partial charge in [0.2, 0.25) is 11.8 Å². The van der Waals surface area contributed by atoms with Gasteiger partial charge < -0.3 is 15.3 Å². The zero-order valence-electron chi connectivity index (χ0n) is 13.4. The Kier molecular flexibility index (Phi) is 8.22. The van der Waals surface area contributed by atoms with Crippen molar-refractivity contribution in [3.05, 3.63) is 35.9 Å². The first-order valence-corrected chi connectivity index (χ1v) is 7.82. The first-order chi connectivity index (χ1) is 10.6. The molecular weight excluding hydrogens is 280 g/mol. The maximum Gasteiger partial charge on any atom is 0.242 e. The molecule has 1 atom stereocenters. The lowest BCUT2D eigenvalue weighted by molar-refractivity contribution is -0.140. The summed E-state index contributed by atoms with van der Waals surface area (Å²) in [5.74, 6) is -0.204. The van der Waals surface area contributed by atoms with Crippen LogP contribution in [0, 0.1) is 0 Å². The number of benzene rings is 1. The molecule has 0 bridgehead atoms. The molecule has 0 radical (unpaired) electrons. The van der Waals surface area contributed by atoms with Gasteiger partial charge in [0.05, 0.1) is 0 Å². The number of aliphatic hydroxyl groups excluding tert-OH is 1. The van der Waals surface area contributed by atoms with Crippen molar-refractivity contribution in [2.45, 2.75) is 45.7 Å². The van der Waals surface area contributed by atoms with Crippen molar-refractivity contribution in [3.63, 3.8) is 0 Å². The highest BCUT2D eigenvalue weighted by atomic mass is 16.3. The molecule has 5 nitrogen and oxygen atoms in total. The quantitative estimate of drug-likeness (QED) is 0.682. The number of nitrogens with one attached hydrogen (secondary N) is 1. The zero-order valence-corrected chi connectivity index (χ0v) is 13.4. The summed E-state index contributed by atoms with van der Waals surface area (Å²) in [5, 5.41) is 11.5. The number of hydrogen-bond acceptors (Lipinski definition) is 3. The molecule has 0 aliphatic rings. The van der Waals surface area contributed by atoms with Gasteiger partial charge in [-0.25, -0.2) is 0 Å². The summed E-state index contributed by atoms with van der Waals surface area (Å²) < 4.78 is 0. The minimum absolute atomic E-state index is 0.0174. The predicted octanol–water partition coefficient (Wildman–Crippen LogP) is 1.70. The van der Waals surface area contributed by atoms with Gasteiger partial charge in [0.1, 0.15) is 6.04 Å². The van der Waals surface area contributed by atoms with Gasteiger partial charge in [0.15, 0.2) is 0 Å². The highest BCUT2D eigenvalue weighted by Gasteiger charge is 2.25. The van der Waals surface area contributed by atoms with E-state index < -0.39 is 6.04 Å². The fourth-order valence-electron chi connectivity index (χ4n) is 2.16. The molecular formula is C17H26N2O3. The van der Waals surface area contributed by atoms with Gasteiger partial charge in [-0.3, -0.25) is 9.59 Å². The summed E-state index contributed by atoms with van der Waals surface area (Å²) in [5.41, 5.74) is 1.00. The molecule has 122 valence electrons.